The van der Waals surface area contributed by atoms with Crippen LogP contribution in [-0.4, -0.2) is 30.3 Å². The summed E-state index contributed by atoms with van der Waals surface area (Å²) in [6.45, 7) is 7.23. The molecule has 3 aromatic rings. The molecule has 5 nitrogen and oxygen atoms in total. The molecule has 7 heteroatoms. The Labute approximate surface area is 198 Å². The molecule has 1 aliphatic rings. The summed E-state index contributed by atoms with van der Waals surface area (Å²) in [5.74, 6) is 0.0687. The molecule has 1 N–H and O–H groups in total. The lowest BCUT2D eigenvalue weighted by Gasteiger charge is -2.31. The molecule has 0 atom stereocenters. The monoisotopic (exact) mass is 465 g/mol. The third kappa shape index (κ3) is 4.98. The summed E-state index contributed by atoms with van der Waals surface area (Å²) in [5, 5.41) is 2.92. The molecular weight excluding hydrogens is 437 g/mol. The third-order valence-corrected chi connectivity index (χ3v) is 6.47. The first-order chi connectivity index (χ1) is 15.9. The number of fused-ring (bicyclic) bond motifs is 1. The van der Waals surface area contributed by atoms with Crippen LogP contribution in [0.2, 0.25) is 0 Å². The summed E-state index contributed by atoms with van der Waals surface area (Å²) in [7, 11) is 0. The van der Waals surface area contributed by atoms with Crippen LogP contribution in [-0.2, 0) is 6.54 Å². The van der Waals surface area contributed by atoms with E-state index in [2.05, 4.69) is 15.2 Å². The number of carbonyl (C=O) groups is 1. The maximum absolute atomic E-state index is 14.6. The zero-order valence-corrected chi connectivity index (χ0v) is 20.1. The Hall–Kier alpha value is -3.06. The van der Waals surface area contributed by atoms with Gasteiger partial charge in [0.25, 0.3) is 5.91 Å². The highest BCUT2D eigenvalue weighted by atomic mass is 32.2. The zero-order valence-electron chi connectivity index (χ0n) is 19.3. The first-order valence-corrected chi connectivity index (χ1v) is 12.2. The van der Waals surface area contributed by atoms with Crippen molar-refractivity contribution < 1.29 is 13.9 Å². The Morgan fingerprint density at radius 3 is 2.67 bits per heavy atom. The minimum absolute atomic E-state index is 0.0743. The molecule has 0 saturated carbocycles. The number of halogens is 1. The number of amides is 1. The molecule has 0 spiro atoms. The molecule has 33 heavy (non-hydrogen) atoms. The molecule has 0 aliphatic carbocycles. The second kappa shape index (κ2) is 9.83. The highest BCUT2D eigenvalue weighted by Crippen LogP contribution is 2.37. The fraction of sp³-hybridized carbons (Fsp3) is 0.308. The molecule has 1 aliphatic heterocycles. The van der Waals surface area contributed by atoms with E-state index < -0.39 is 0 Å². The van der Waals surface area contributed by atoms with Gasteiger partial charge in [0, 0.05) is 17.1 Å². The van der Waals surface area contributed by atoms with Gasteiger partial charge in [-0.05, 0) is 72.2 Å². The number of pyridine rings is 1. The molecule has 172 valence electrons. The van der Waals surface area contributed by atoms with Crippen molar-refractivity contribution in [2.45, 2.75) is 38.1 Å². The SMILES string of the molecule is CSc1ccc(CNC(=O)c2ccc3c(n2)OCCN3c2cc(C)c(F)c(C(C)C)c2)cc1. The number of nitrogens with one attached hydrogen (secondary N) is 1. The summed E-state index contributed by atoms with van der Waals surface area (Å²) in [6, 6.07) is 15.4. The molecule has 1 aromatic heterocycles. The Kier molecular flexibility index (Phi) is 6.88. The quantitative estimate of drug-likeness (QED) is 0.464. The average Bonchev–Trinajstić information content (AvgIpc) is 2.83. The number of thioether (sulfide) groups is 1. The van der Waals surface area contributed by atoms with E-state index in [0.717, 1.165) is 16.9 Å². The van der Waals surface area contributed by atoms with Gasteiger partial charge < -0.3 is 15.0 Å². The minimum atomic E-state index is -0.257. The second-order valence-electron chi connectivity index (χ2n) is 8.37. The topological polar surface area (TPSA) is 54.5 Å². The number of anilines is 2. The van der Waals surface area contributed by atoms with Gasteiger partial charge >= 0.3 is 0 Å². The average molecular weight is 466 g/mol. The predicted molar refractivity (Wildman–Crippen MR) is 131 cm³/mol. The third-order valence-electron chi connectivity index (χ3n) is 5.73. The van der Waals surface area contributed by atoms with Crippen LogP contribution in [0.5, 0.6) is 5.88 Å². The highest BCUT2D eigenvalue weighted by Gasteiger charge is 2.24. The van der Waals surface area contributed by atoms with E-state index in [4.69, 9.17) is 4.74 Å². The van der Waals surface area contributed by atoms with Crippen molar-refractivity contribution >= 4 is 29.0 Å². The maximum Gasteiger partial charge on any atom is 0.270 e. The van der Waals surface area contributed by atoms with E-state index in [9.17, 15) is 9.18 Å². The minimum Gasteiger partial charge on any atom is -0.474 e. The summed E-state index contributed by atoms with van der Waals surface area (Å²) < 4.78 is 20.3. The van der Waals surface area contributed by atoms with Crippen LogP contribution < -0.4 is 15.0 Å². The van der Waals surface area contributed by atoms with Crippen LogP contribution in [0.4, 0.5) is 15.8 Å². The van der Waals surface area contributed by atoms with Crippen molar-refractivity contribution in [3.63, 3.8) is 0 Å². The lowest BCUT2D eigenvalue weighted by atomic mass is 9.98. The summed E-state index contributed by atoms with van der Waals surface area (Å²) in [5.41, 5.74) is 4.29. The van der Waals surface area contributed by atoms with Crippen LogP contribution >= 0.6 is 11.8 Å². The molecule has 0 saturated heterocycles. The first kappa shape index (κ1) is 23.1. The van der Waals surface area contributed by atoms with Gasteiger partial charge in [0.05, 0.1) is 6.54 Å². The second-order valence-corrected chi connectivity index (χ2v) is 9.25. The van der Waals surface area contributed by atoms with E-state index in [-0.39, 0.29) is 17.6 Å². The van der Waals surface area contributed by atoms with Gasteiger partial charge in [-0.1, -0.05) is 26.0 Å². The Bertz CT molecular complexity index is 1160. The zero-order chi connectivity index (χ0) is 23.5. The number of carbonyl (C=O) groups excluding carboxylic acids is 1. The Morgan fingerprint density at radius 2 is 1.97 bits per heavy atom. The van der Waals surface area contributed by atoms with Crippen LogP contribution in [0, 0.1) is 12.7 Å². The summed E-state index contributed by atoms with van der Waals surface area (Å²) >= 11 is 1.68. The largest absolute Gasteiger partial charge is 0.474 e. The fourth-order valence-electron chi connectivity index (χ4n) is 3.86. The fourth-order valence-corrected chi connectivity index (χ4v) is 4.27. The lowest BCUT2D eigenvalue weighted by molar-refractivity contribution is 0.0944. The Morgan fingerprint density at radius 1 is 1.21 bits per heavy atom. The van der Waals surface area contributed by atoms with Gasteiger partial charge in [-0.3, -0.25) is 4.79 Å². The standard InChI is InChI=1S/C26H28FN3O2S/c1-16(2)21-14-19(13-17(3)24(21)27)30-11-12-32-26-23(30)10-9-22(29-26)25(31)28-15-18-5-7-20(33-4)8-6-18/h5-10,13-14,16H,11-12,15H2,1-4H3,(H,28,31). The summed E-state index contributed by atoms with van der Waals surface area (Å²) in [6.07, 6.45) is 2.03. The highest BCUT2D eigenvalue weighted by molar-refractivity contribution is 7.98. The van der Waals surface area contributed by atoms with E-state index in [1.54, 1.807) is 24.8 Å². The number of benzene rings is 2. The number of aryl methyl sites for hydroxylation is 1. The van der Waals surface area contributed by atoms with Crippen molar-refractivity contribution in [3.05, 3.63) is 76.7 Å². The van der Waals surface area contributed by atoms with Crippen molar-refractivity contribution in [2.24, 2.45) is 0 Å². The molecule has 1 amide bonds. The van der Waals surface area contributed by atoms with Gasteiger partial charge in [0.2, 0.25) is 5.88 Å². The lowest BCUT2D eigenvalue weighted by Crippen LogP contribution is -2.30. The van der Waals surface area contributed by atoms with Crippen molar-refractivity contribution in [3.8, 4) is 5.88 Å². The van der Waals surface area contributed by atoms with Gasteiger partial charge in [0.15, 0.2) is 0 Å². The predicted octanol–water partition coefficient (Wildman–Crippen LogP) is 5.83. The number of ether oxygens (including phenoxy) is 1. The van der Waals surface area contributed by atoms with E-state index >= 15 is 0 Å². The maximum atomic E-state index is 14.6. The molecule has 2 heterocycles. The molecule has 2 aromatic carbocycles. The van der Waals surface area contributed by atoms with Gasteiger partial charge in [-0.2, -0.15) is 0 Å². The first-order valence-electron chi connectivity index (χ1n) is 11.0. The number of hydrogen-bond acceptors (Lipinski definition) is 5. The van der Waals surface area contributed by atoms with Gasteiger partial charge in [-0.15, -0.1) is 11.8 Å². The van der Waals surface area contributed by atoms with Gasteiger partial charge in [-0.25, -0.2) is 9.37 Å². The number of rotatable bonds is 6. The van der Waals surface area contributed by atoms with Crippen LogP contribution in [0.15, 0.2) is 53.4 Å². The normalized spacial score (nSPS) is 13.0. The van der Waals surface area contributed by atoms with Crippen LogP contribution in [0.1, 0.15) is 46.9 Å². The molecule has 0 radical (unpaired) electrons. The smallest absolute Gasteiger partial charge is 0.270 e. The van der Waals surface area contributed by atoms with Crippen LogP contribution in [0.25, 0.3) is 0 Å². The molecule has 0 unspecified atom stereocenters. The molecule has 0 bridgehead atoms. The van der Waals surface area contributed by atoms with E-state index in [0.29, 0.717) is 42.4 Å². The van der Waals surface area contributed by atoms with Crippen molar-refractivity contribution in [1.82, 2.24) is 10.3 Å². The van der Waals surface area contributed by atoms with Crippen molar-refractivity contribution in [2.75, 3.05) is 24.3 Å². The number of nitrogens with zero attached hydrogens (tertiary/aromatic N) is 2. The van der Waals surface area contributed by atoms with E-state index in [1.165, 1.54) is 4.90 Å². The molecular formula is C26H28FN3O2S. The molecule has 4 rings (SSSR count). The molecule has 0 fully saturated rings. The van der Waals surface area contributed by atoms with E-state index in [1.807, 2.05) is 62.6 Å². The summed E-state index contributed by atoms with van der Waals surface area (Å²) in [4.78, 5) is 20.4. The van der Waals surface area contributed by atoms with Crippen molar-refractivity contribution in [1.29, 1.82) is 0 Å². The van der Waals surface area contributed by atoms with Gasteiger partial charge in [0.1, 0.15) is 23.8 Å². The van der Waals surface area contributed by atoms with Crippen LogP contribution in [0.3, 0.4) is 0 Å². The number of aromatic nitrogens is 1. The number of hydrogen-bond donors (Lipinski definition) is 1. The Balaban J connectivity index is 1.54.